The molecule has 1 fully saturated rings. The van der Waals surface area contributed by atoms with E-state index in [4.69, 9.17) is 4.74 Å². The van der Waals surface area contributed by atoms with Gasteiger partial charge in [0.1, 0.15) is 0 Å². The summed E-state index contributed by atoms with van der Waals surface area (Å²) in [6.45, 7) is 2.30. The highest BCUT2D eigenvalue weighted by molar-refractivity contribution is 5.05. The molecule has 2 bridgehead atoms. The molecule has 1 heteroatoms. The van der Waals surface area contributed by atoms with Crippen LogP contribution >= 0.6 is 0 Å². The van der Waals surface area contributed by atoms with Crippen molar-refractivity contribution in [2.24, 2.45) is 5.92 Å². The zero-order valence-corrected chi connectivity index (χ0v) is 5.71. The number of ether oxygens (including phenoxy) is 1. The second-order valence-corrected chi connectivity index (χ2v) is 3.17. The van der Waals surface area contributed by atoms with E-state index in [9.17, 15) is 0 Å². The Bertz CT molecular complexity index is 126. The van der Waals surface area contributed by atoms with Crippen LogP contribution in [-0.2, 0) is 4.74 Å². The third-order valence-corrected chi connectivity index (χ3v) is 2.16. The zero-order valence-electron chi connectivity index (χ0n) is 5.71. The number of rotatable bonds is 0. The third kappa shape index (κ3) is 0.897. The van der Waals surface area contributed by atoms with Crippen LogP contribution in [0.5, 0.6) is 0 Å². The predicted octanol–water partition coefficient (Wildman–Crippen LogP) is 1.74. The van der Waals surface area contributed by atoms with Gasteiger partial charge in [-0.25, -0.2) is 0 Å². The van der Waals surface area contributed by atoms with E-state index in [1.807, 2.05) is 0 Å². The van der Waals surface area contributed by atoms with Gasteiger partial charge in [-0.3, -0.25) is 0 Å². The average molecular weight is 124 g/mol. The molecule has 0 N–H and O–H groups in total. The lowest BCUT2D eigenvalue weighted by atomic mass is 9.97. The number of fused-ring (bicyclic) bond motifs is 2. The minimum Gasteiger partial charge on any atom is -0.367 e. The van der Waals surface area contributed by atoms with Gasteiger partial charge < -0.3 is 4.74 Å². The summed E-state index contributed by atoms with van der Waals surface area (Å²) >= 11 is 0. The Labute approximate surface area is 55.7 Å². The van der Waals surface area contributed by atoms with Gasteiger partial charge in [-0.2, -0.15) is 0 Å². The minimum atomic E-state index is 0.457. The fraction of sp³-hybridized carbons (Fsp3) is 0.750. The van der Waals surface area contributed by atoms with Crippen LogP contribution in [0, 0.1) is 5.92 Å². The van der Waals surface area contributed by atoms with Crippen molar-refractivity contribution in [1.82, 2.24) is 0 Å². The first kappa shape index (κ1) is 5.48. The minimum absolute atomic E-state index is 0.457. The van der Waals surface area contributed by atoms with E-state index < -0.39 is 0 Å². The first-order valence-corrected chi connectivity index (χ1v) is 3.68. The molecule has 1 saturated heterocycles. The van der Waals surface area contributed by atoms with Crippen molar-refractivity contribution in [3.8, 4) is 0 Å². The third-order valence-electron chi connectivity index (χ3n) is 2.16. The molecule has 0 aromatic heterocycles. The van der Waals surface area contributed by atoms with Gasteiger partial charge >= 0.3 is 0 Å². The molecule has 0 aliphatic carbocycles. The average Bonchev–Trinajstić information content (AvgIpc) is 2.11. The summed E-state index contributed by atoms with van der Waals surface area (Å²) < 4.78 is 5.56. The molecule has 1 unspecified atom stereocenters. The molecule has 50 valence electrons. The van der Waals surface area contributed by atoms with Crippen LogP contribution in [0.15, 0.2) is 12.2 Å². The highest BCUT2D eigenvalue weighted by Gasteiger charge is 2.27. The molecule has 2 rings (SSSR count). The summed E-state index contributed by atoms with van der Waals surface area (Å²) in [4.78, 5) is 0. The molecule has 0 saturated carbocycles. The molecule has 2 aliphatic heterocycles. The number of hydrogen-bond donors (Lipinski definition) is 0. The van der Waals surface area contributed by atoms with E-state index in [0.717, 1.165) is 5.92 Å². The predicted molar refractivity (Wildman–Crippen MR) is 36.2 cm³/mol. The highest BCUT2D eigenvalue weighted by atomic mass is 16.5. The Morgan fingerprint density at radius 1 is 1.22 bits per heavy atom. The lowest BCUT2D eigenvalue weighted by molar-refractivity contribution is -0.00106. The smallest absolute Gasteiger partial charge is 0.0767 e. The molecule has 0 amide bonds. The molecule has 0 radical (unpaired) electrons. The van der Waals surface area contributed by atoms with Crippen LogP contribution in [0.3, 0.4) is 0 Å². The SMILES string of the molecule is CC1C[C@H]2C=C[C@@H](C1)O2. The van der Waals surface area contributed by atoms with Crippen LogP contribution in [0.1, 0.15) is 19.8 Å². The van der Waals surface area contributed by atoms with Gasteiger partial charge in [0.25, 0.3) is 0 Å². The van der Waals surface area contributed by atoms with Gasteiger partial charge in [-0.15, -0.1) is 0 Å². The molecule has 1 nitrogen and oxygen atoms in total. The van der Waals surface area contributed by atoms with Crippen molar-refractivity contribution >= 4 is 0 Å². The molecular formula is C8H12O. The molecule has 2 heterocycles. The Morgan fingerprint density at radius 2 is 1.78 bits per heavy atom. The van der Waals surface area contributed by atoms with E-state index >= 15 is 0 Å². The second-order valence-electron chi connectivity index (χ2n) is 3.17. The van der Waals surface area contributed by atoms with Crippen LogP contribution in [0.4, 0.5) is 0 Å². The summed E-state index contributed by atoms with van der Waals surface area (Å²) in [6.07, 6.45) is 7.78. The van der Waals surface area contributed by atoms with E-state index in [1.54, 1.807) is 0 Å². The topological polar surface area (TPSA) is 9.23 Å². The Kier molecular flexibility index (Phi) is 1.12. The Balaban J connectivity index is 2.10. The monoisotopic (exact) mass is 124 g/mol. The van der Waals surface area contributed by atoms with Crippen LogP contribution in [0.2, 0.25) is 0 Å². The second kappa shape index (κ2) is 1.84. The molecule has 0 aromatic carbocycles. The Hall–Kier alpha value is -0.300. The molecule has 2 aliphatic rings. The van der Waals surface area contributed by atoms with Crippen molar-refractivity contribution in [2.75, 3.05) is 0 Å². The maximum absolute atomic E-state index is 5.56. The van der Waals surface area contributed by atoms with Crippen molar-refractivity contribution in [1.29, 1.82) is 0 Å². The van der Waals surface area contributed by atoms with E-state index in [0.29, 0.717) is 12.2 Å². The largest absolute Gasteiger partial charge is 0.367 e. The quantitative estimate of drug-likeness (QED) is 0.447. The fourth-order valence-corrected chi connectivity index (χ4v) is 1.72. The van der Waals surface area contributed by atoms with Crippen LogP contribution < -0.4 is 0 Å². The standard InChI is InChI=1S/C8H12O/c1-6-4-7-2-3-8(5-6)9-7/h2-3,6-8H,4-5H2,1H3/t6?,7-,8+. The number of hydrogen-bond acceptors (Lipinski definition) is 1. The van der Waals surface area contributed by atoms with Gasteiger partial charge in [-0.05, 0) is 18.8 Å². The van der Waals surface area contributed by atoms with Crippen molar-refractivity contribution in [3.05, 3.63) is 12.2 Å². The lowest BCUT2D eigenvalue weighted by Crippen LogP contribution is -2.23. The van der Waals surface area contributed by atoms with Gasteiger partial charge in [0, 0.05) is 0 Å². The summed E-state index contributed by atoms with van der Waals surface area (Å²) in [7, 11) is 0. The molecule has 9 heavy (non-hydrogen) atoms. The van der Waals surface area contributed by atoms with Gasteiger partial charge in [0.2, 0.25) is 0 Å². The van der Waals surface area contributed by atoms with E-state index in [-0.39, 0.29) is 0 Å². The molecule has 0 spiro atoms. The maximum Gasteiger partial charge on any atom is 0.0767 e. The lowest BCUT2D eigenvalue weighted by Gasteiger charge is -2.25. The fourth-order valence-electron chi connectivity index (χ4n) is 1.72. The van der Waals surface area contributed by atoms with Crippen molar-refractivity contribution in [2.45, 2.75) is 32.0 Å². The van der Waals surface area contributed by atoms with Gasteiger partial charge in [0.15, 0.2) is 0 Å². The highest BCUT2D eigenvalue weighted by Crippen LogP contribution is 2.30. The summed E-state index contributed by atoms with van der Waals surface area (Å²) in [5.74, 6) is 0.865. The first-order chi connectivity index (χ1) is 4.34. The van der Waals surface area contributed by atoms with Gasteiger partial charge in [0.05, 0.1) is 12.2 Å². The summed E-state index contributed by atoms with van der Waals surface area (Å²) in [6, 6.07) is 0. The van der Waals surface area contributed by atoms with Crippen molar-refractivity contribution in [3.63, 3.8) is 0 Å². The zero-order chi connectivity index (χ0) is 6.27. The summed E-state index contributed by atoms with van der Waals surface area (Å²) in [5, 5.41) is 0. The normalized spacial score (nSPS) is 47.9. The van der Waals surface area contributed by atoms with Crippen LogP contribution in [-0.4, -0.2) is 12.2 Å². The van der Waals surface area contributed by atoms with Crippen LogP contribution in [0.25, 0.3) is 0 Å². The molecule has 0 aromatic rings. The van der Waals surface area contributed by atoms with E-state index in [2.05, 4.69) is 19.1 Å². The molecular weight excluding hydrogens is 112 g/mol. The Morgan fingerprint density at radius 3 is 2.33 bits per heavy atom. The summed E-state index contributed by atoms with van der Waals surface area (Å²) in [5.41, 5.74) is 0. The first-order valence-electron chi connectivity index (χ1n) is 3.68. The van der Waals surface area contributed by atoms with Crippen molar-refractivity contribution < 1.29 is 4.74 Å². The maximum atomic E-state index is 5.56. The van der Waals surface area contributed by atoms with Gasteiger partial charge in [-0.1, -0.05) is 19.1 Å². The van der Waals surface area contributed by atoms with E-state index in [1.165, 1.54) is 12.8 Å². The molecule has 3 atom stereocenters.